The van der Waals surface area contributed by atoms with Gasteiger partial charge < -0.3 is 9.84 Å². The number of hydrogen-bond acceptors (Lipinski definition) is 3. The summed E-state index contributed by atoms with van der Waals surface area (Å²) >= 11 is 0. The minimum absolute atomic E-state index is 0.240. The molecule has 0 aromatic rings. The fourth-order valence-electron chi connectivity index (χ4n) is 2.61. The molecular formula is C14H29NO2. The van der Waals surface area contributed by atoms with Crippen LogP contribution in [0.3, 0.4) is 0 Å². The summed E-state index contributed by atoms with van der Waals surface area (Å²) in [5.41, 5.74) is 0. The van der Waals surface area contributed by atoms with Crippen molar-refractivity contribution in [1.82, 2.24) is 4.90 Å². The molecule has 0 heterocycles. The summed E-state index contributed by atoms with van der Waals surface area (Å²) in [6.07, 6.45) is 6.69. The molecule has 1 atom stereocenters. The van der Waals surface area contributed by atoms with E-state index in [2.05, 4.69) is 18.7 Å². The second-order valence-electron chi connectivity index (χ2n) is 5.56. The minimum atomic E-state index is -0.240. The molecule has 0 aromatic carbocycles. The zero-order chi connectivity index (χ0) is 12.7. The molecule has 0 saturated heterocycles. The van der Waals surface area contributed by atoms with Gasteiger partial charge in [0.15, 0.2) is 0 Å². The molecule has 0 aromatic heterocycles. The van der Waals surface area contributed by atoms with E-state index in [0.29, 0.717) is 12.1 Å². The van der Waals surface area contributed by atoms with Gasteiger partial charge in [-0.25, -0.2) is 0 Å². The fourth-order valence-corrected chi connectivity index (χ4v) is 2.61. The highest BCUT2D eigenvalue weighted by molar-refractivity contribution is 4.77. The molecule has 17 heavy (non-hydrogen) atoms. The lowest BCUT2D eigenvalue weighted by Gasteiger charge is -2.35. The summed E-state index contributed by atoms with van der Waals surface area (Å²) in [4.78, 5) is 2.42. The fraction of sp³-hybridized carbons (Fsp3) is 1.00. The van der Waals surface area contributed by atoms with Gasteiger partial charge in [-0.05, 0) is 33.6 Å². The molecule has 0 amide bonds. The third kappa shape index (κ3) is 6.39. The first-order valence-corrected chi connectivity index (χ1v) is 7.13. The Hall–Kier alpha value is -0.120. The van der Waals surface area contributed by atoms with Crippen molar-refractivity contribution >= 4 is 0 Å². The Morgan fingerprint density at radius 3 is 2.35 bits per heavy atom. The standard InChI is InChI=1S/C14H29NO2/c1-12(2)17-10-9-15(11-13(3)16)14-7-5-4-6-8-14/h12-14,16H,4-11H2,1-3H3. The van der Waals surface area contributed by atoms with Gasteiger partial charge in [-0.1, -0.05) is 19.3 Å². The first-order valence-electron chi connectivity index (χ1n) is 7.13. The van der Waals surface area contributed by atoms with Gasteiger partial charge in [-0.3, -0.25) is 4.90 Å². The second kappa shape index (κ2) is 8.06. The monoisotopic (exact) mass is 243 g/mol. The van der Waals surface area contributed by atoms with E-state index in [9.17, 15) is 5.11 Å². The van der Waals surface area contributed by atoms with Gasteiger partial charge in [0.2, 0.25) is 0 Å². The maximum atomic E-state index is 9.58. The van der Waals surface area contributed by atoms with Crippen LogP contribution in [0.4, 0.5) is 0 Å². The lowest BCUT2D eigenvalue weighted by Crippen LogP contribution is -2.43. The SMILES string of the molecule is CC(O)CN(CCOC(C)C)C1CCCCC1. The van der Waals surface area contributed by atoms with E-state index in [4.69, 9.17) is 4.74 Å². The molecular weight excluding hydrogens is 214 g/mol. The quantitative estimate of drug-likeness (QED) is 0.745. The molecule has 1 saturated carbocycles. The van der Waals surface area contributed by atoms with Crippen LogP contribution < -0.4 is 0 Å². The van der Waals surface area contributed by atoms with Gasteiger partial charge in [0, 0.05) is 19.1 Å². The van der Waals surface area contributed by atoms with E-state index >= 15 is 0 Å². The second-order valence-corrected chi connectivity index (χ2v) is 5.56. The van der Waals surface area contributed by atoms with Gasteiger partial charge in [-0.2, -0.15) is 0 Å². The van der Waals surface area contributed by atoms with Crippen LogP contribution in [0.2, 0.25) is 0 Å². The minimum Gasteiger partial charge on any atom is -0.392 e. The van der Waals surface area contributed by atoms with Crippen LogP contribution in [0.25, 0.3) is 0 Å². The van der Waals surface area contributed by atoms with E-state index in [1.165, 1.54) is 32.1 Å². The van der Waals surface area contributed by atoms with Crippen LogP contribution in [0.1, 0.15) is 52.9 Å². The predicted molar refractivity (Wildman–Crippen MR) is 71.2 cm³/mol. The lowest BCUT2D eigenvalue weighted by atomic mass is 9.94. The van der Waals surface area contributed by atoms with Crippen LogP contribution in [0.5, 0.6) is 0 Å². The van der Waals surface area contributed by atoms with Crippen LogP contribution in [-0.2, 0) is 4.74 Å². The summed E-state index contributed by atoms with van der Waals surface area (Å²) in [5, 5.41) is 9.58. The van der Waals surface area contributed by atoms with Crippen LogP contribution in [-0.4, -0.2) is 48.0 Å². The van der Waals surface area contributed by atoms with Crippen molar-refractivity contribution in [1.29, 1.82) is 0 Å². The normalized spacial score (nSPS) is 20.1. The van der Waals surface area contributed by atoms with Crippen molar-refractivity contribution in [2.75, 3.05) is 19.7 Å². The van der Waals surface area contributed by atoms with Crippen molar-refractivity contribution in [3.05, 3.63) is 0 Å². The van der Waals surface area contributed by atoms with Crippen molar-refractivity contribution in [2.24, 2.45) is 0 Å². The molecule has 0 aliphatic heterocycles. The van der Waals surface area contributed by atoms with E-state index in [0.717, 1.165) is 19.7 Å². The average Bonchev–Trinajstić information content (AvgIpc) is 2.28. The van der Waals surface area contributed by atoms with Crippen molar-refractivity contribution < 1.29 is 9.84 Å². The number of hydrogen-bond donors (Lipinski definition) is 1. The number of aliphatic hydroxyl groups is 1. The number of nitrogens with zero attached hydrogens (tertiary/aromatic N) is 1. The molecule has 102 valence electrons. The van der Waals surface area contributed by atoms with Gasteiger partial charge in [0.05, 0.1) is 18.8 Å². The van der Waals surface area contributed by atoms with Crippen molar-refractivity contribution in [2.45, 2.75) is 71.1 Å². The Labute approximate surface area is 106 Å². The Balaban J connectivity index is 2.35. The van der Waals surface area contributed by atoms with E-state index < -0.39 is 0 Å². The van der Waals surface area contributed by atoms with Crippen molar-refractivity contribution in [3.63, 3.8) is 0 Å². The predicted octanol–water partition coefficient (Wildman–Crippen LogP) is 2.43. The summed E-state index contributed by atoms with van der Waals surface area (Å²) in [6, 6.07) is 0.661. The topological polar surface area (TPSA) is 32.7 Å². The molecule has 1 fully saturated rings. The molecule has 1 rings (SSSR count). The highest BCUT2D eigenvalue weighted by Crippen LogP contribution is 2.22. The maximum absolute atomic E-state index is 9.58. The summed E-state index contributed by atoms with van der Waals surface area (Å²) < 4.78 is 5.62. The summed E-state index contributed by atoms with van der Waals surface area (Å²) in [6.45, 7) is 8.53. The van der Waals surface area contributed by atoms with E-state index in [1.807, 2.05) is 6.92 Å². The van der Waals surface area contributed by atoms with Gasteiger partial charge >= 0.3 is 0 Å². The zero-order valence-electron chi connectivity index (χ0n) is 11.7. The van der Waals surface area contributed by atoms with E-state index in [1.54, 1.807) is 0 Å². The van der Waals surface area contributed by atoms with Gasteiger partial charge in [0.1, 0.15) is 0 Å². The van der Waals surface area contributed by atoms with Crippen LogP contribution in [0, 0.1) is 0 Å². The van der Waals surface area contributed by atoms with E-state index in [-0.39, 0.29) is 6.10 Å². The van der Waals surface area contributed by atoms with Crippen molar-refractivity contribution in [3.8, 4) is 0 Å². The molecule has 0 spiro atoms. The van der Waals surface area contributed by atoms with Crippen LogP contribution >= 0.6 is 0 Å². The largest absolute Gasteiger partial charge is 0.392 e. The van der Waals surface area contributed by atoms with Gasteiger partial charge in [-0.15, -0.1) is 0 Å². The summed E-state index contributed by atoms with van der Waals surface area (Å²) in [7, 11) is 0. The molecule has 3 nitrogen and oxygen atoms in total. The highest BCUT2D eigenvalue weighted by Gasteiger charge is 2.21. The Morgan fingerprint density at radius 2 is 1.82 bits per heavy atom. The Bertz CT molecular complexity index is 189. The number of rotatable bonds is 7. The maximum Gasteiger partial charge on any atom is 0.0639 e. The highest BCUT2D eigenvalue weighted by atomic mass is 16.5. The third-order valence-electron chi connectivity index (χ3n) is 3.42. The number of ether oxygens (including phenoxy) is 1. The molecule has 1 unspecified atom stereocenters. The smallest absolute Gasteiger partial charge is 0.0639 e. The van der Waals surface area contributed by atoms with Gasteiger partial charge in [0.25, 0.3) is 0 Å². The molecule has 1 aliphatic carbocycles. The average molecular weight is 243 g/mol. The Kier molecular flexibility index (Phi) is 7.09. The Morgan fingerprint density at radius 1 is 1.18 bits per heavy atom. The first kappa shape index (κ1) is 14.9. The summed E-state index contributed by atoms with van der Waals surface area (Å²) in [5.74, 6) is 0. The molecule has 0 bridgehead atoms. The zero-order valence-corrected chi connectivity index (χ0v) is 11.7. The molecule has 1 aliphatic rings. The first-order chi connectivity index (χ1) is 8.09. The van der Waals surface area contributed by atoms with Crippen LogP contribution in [0.15, 0.2) is 0 Å². The number of aliphatic hydroxyl groups excluding tert-OH is 1. The molecule has 3 heteroatoms. The third-order valence-corrected chi connectivity index (χ3v) is 3.42. The molecule has 0 radical (unpaired) electrons. The molecule has 1 N–H and O–H groups in total. The lowest BCUT2D eigenvalue weighted by molar-refractivity contribution is 0.0260.